The second-order valence-electron chi connectivity index (χ2n) is 10.3. The number of hydrogen-bond acceptors (Lipinski definition) is 8. The molecular weight excluding hydrogens is 594 g/mol. The molecule has 1 amide bonds. The number of nitrogens with zero attached hydrogens (tertiary/aromatic N) is 5. The SMILES string of the molecule is CN(C)CCOc1cc(Nc2nccc(-c3c(-c4cccc(NC(=O)Cc5cccs5)c4)nn4ccccc34)n2)ccc1Cl. The molecule has 0 unspecified atom stereocenters. The molecule has 6 aromatic rings. The Balaban J connectivity index is 1.30. The van der Waals surface area contributed by atoms with Crippen LogP contribution in [0, 0.1) is 0 Å². The van der Waals surface area contributed by atoms with E-state index >= 15 is 0 Å². The summed E-state index contributed by atoms with van der Waals surface area (Å²) in [5, 5.41) is 13.7. The first-order chi connectivity index (χ1) is 21.4. The number of carbonyl (C=O) groups is 1. The molecule has 2 aromatic carbocycles. The van der Waals surface area contributed by atoms with Crippen LogP contribution in [0.5, 0.6) is 5.75 Å². The highest BCUT2D eigenvalue weighted by Crippen LogP contribution is 2.36. The van der Waals surface area contributed by atoms with Gasteiger partial charge in [-0.1, -0.05) is 35.9 Å². The molecule has 222 valence electrons. The molecule has 44 heavy (non-hydrogen) atoms. The van der Waals surface area contributed by atoms with Gasteiger partial charge in [-0.2, -0.15) is 5.10 Å². The average molecular weight is 624 g/mol. The Kier molecular flexibility index (Phi) is 8.83. The van der Waals surface area contributed by atoms with Crippen molar-refractivity contribution in [2.75, 3.05) is 37.9 Å². The Morgan fingerprint density at radius 2 is 1.93 bits per heavy atom. The van der Waals surface area contributed by atoms with Crippen LogP contribution in [-0.2, 0) is 11.2 Å². The fraction of sp³-hybridized carbons (Fsp3) is 0.152. The molecule has 0 saturated heterocycles. The number of aromatic nitrogens is 4. The van der Waals surface area contributed by atoms with Crippen LogP contribution in [0.4, 0.5) is 17.3 Å². The molecule has 4 aromatic heterocycles. The van der Waals surface area contributed by atoms with Crippen molar-refractivity contribution >= 4 is 51.7 Å². The van der Waals surface area contributed by atoms with Gasteiger partial charge in [-0.3, -0.25) is 4.79 Å². The predicted octanol–water partition coefficient (Wildman–Crippen LogP) is 7.04. The van der Waals surface area contributed by atoms with E-state index in [0.717, 1.165) is 39.4 Å². The molecule has 0 aliphatic rings. The number of carbonyl (C=O) groups excluding carboxylic acids is 1. The number of nitrogens with one attached hydrogen (secondary N) is 2. The van der Waals surface area contributed by atoms with Crippen LogP contribution < -0.4 is 15.4 Å². The first-order valence-corrected chi connectivity index (χ1v) is 15.3. The molecule has 4 heterocycles. The number of thiophene rings is 1. The van der Waals surface area contributed by atoms with Crippen LogP contribution in [0.15, 0.2) is 96.6 Å². The summed E-state index contributed by atoms with van der Waals surface area (Å²) in [7, 11) is 3.98. The van der Waals surface area contributed by atoms with E-state index in [0.29, 0.717) is 41.1 Å². The van der Waals surface area contributed by atoms with E-state index in [-0.39, 0.29) is 5.91 Å². The van der Waals surface area contributed by atoms with E-state index in [1.165, 1.54) is 0 Å². The van der Waals surface area contributed by atoms with E-state index in [2.05, 4.69) is 15.6 Å². The summed E-state index contributed by atoms with van der Waals surface area (Å²) in [6, 6.07) is 24.9. The van der Waals surface area contributed by atoms with Crippen LogP contribution in [0.25, 0.3) is 28.0 Å². The van der Waals surface area contributed by atoms with E-state index in [4.69, 9.17) is 26.4 Å². The van der Waals surface area contributed by atoms with Crippen molar-refractivity contribution in [3.63, 3.8) is 0 Å². The van der Waals surface area contributed by atoms with Crippen molar-refractivity contribution in [2.45, 2.75) is 6.42 Å². The molecule has 6 rings (SSSR count). The third-order valence-corrected chi connectivity index (χ3v) is 7.96. The van der Waals surface area contributed by atoms with E-state index in [9.17, 15) is 4.79 Å². The number of amides is 1. The number of ether oxygens (including phenoxy) is 1. The number of rotatable bonds is 11. The molecule has 11 heteroatoms. The molecule has 2 N–H and O–H groups in total. The van der Waals surface area contributed by atoms with Crippen LogP contribution in [0.1, 0.15) is 4.88 Å². The third kappa shape index (κ3) is 6.89. The Morgan fingerprint density at radius 3 is 2.77 bits per heavy atom. The van der Waals surface area contributed by atoms with Crippen molar-refractivity contribution in [3.8, 4) is 28.3 Å². The van der Waals surface area contributed by atoms with Gasteiger partial charge in [0.05, 0.1) is 28.2 Å². The summed E-state index contributed by atoms with van der Waals surface area (Å²) in [6.07, 6.45) is 3.95. The molecule has 0 fully saturated rings. The third-order valence-electron chi connectivity index (χ3n) is 6.77. The zero-order valence-electron chi connectivity index (χ0n) is 24.2. The van der Waals surface area contributed by atoms with Crippen LogP contribution in [-0.4, -0.2) is 57.6 Å². The van der Waals surface area contributed by atoms with E-state index < -0.39 is 0 Å². The molecule has 0 atom stereocenters. The maximum atomic E-state index is 12.7. The summed E-state index contributed by atoms with van der Waals surface area (Å²) in [5.74, 6) is 0.932. The number of halogens is 1. The highest BCUT2D eigenvalue weighted by molar-refractivity contribution is 7.10. The van der Waals surface area contributed by atoms with Crippen molar-refractivity contribution < 1.29 is 9.53 Å². The standard InChI is InChI=1S/C33H30ClN7O2S/c1-40(2)16-17-43-29-20-24(11-12-26(29)34)37-33-35-14-13-27(38-33)31-28-10-3-4-15-41(28)39-32(31)22-7-5-8-23(19-22)36-30(42)21-25-9-6-18-44-25/h3-15,18-20H,16-17,21H2,1-2H3,(H,36,42)(H,35,37,38). The van der Waals surface area contributed by atoms with Gasteiger partial charge in [-0.25, -0.2) is 14.5 Å². The van der Waals surface area contributed by atoms with Gasteiger partial charge in [0, 0.05) is 46.8 Å². The number of fused-ring (bicyclic) bond motifs is 1. The average Bonchev–Trinajstić information content (AvgIpc) is 3.67. The van der Waals surface area contributed by atoms with E-state index in [1.54, 1.807) is 23.6 Å². The predicted molar refractivity (Wildman–Crippen MR) is 177 cm³/mol. The monoisotopic (exact) mass is 623 g/mol. The minimum atomic E-state index is -0.0696. The second-order valence-corrected chi connectivity index (χ2v) is 11.8. The highest BCUT2D eigenvalue weighted by Gasteiger charge is 2.19. The number of hydrogen-bond donors (Lipinski definition) is 2. The summed E-state index contributed by atoms with van der Waals surface area (Å²) in [6.45, 7) is 1.28. The minimum Gasteiger partial charge on any atom is -0.491 e. The molecule has 0 aliphatic heterocycles. The lowest BCUT2D eigenvalue weighted by Crippen LogP contribution is -2.19. The van der Waals surface area contributed by atoms with Crippen molar-refractivity contribution in [3.05, 3.63) is 107 Å². The second kappa shape index (κ2) is 13.3. The Labute approximate surface area is 264 Å². The van der Waals surface area contributed by atoms with E-state index in [1.807, 2.05) is 108 Å². The normalized spacial score (nSPS) is 11.2. The smallest absolute Gasteiger partial charge is 0.229 e. The molecule has 0 saturated carbocycles. The number of benzene rings is 2. The van der Waals surface area contributed by atoms with Crippen LogP contribution in [0.3, 0.4) is 0 Å². The van der Waals surface area contributed by atoms with Crippen molar-refractivity contribution in [2.24, 2.45) is 0 Å². The Morgan fingerprint density at radius 1 is 1.02 bits per heavy atom. The highest BCUT2D eigenvalue weighted by atomic mass is 35.5. The molecule has 0 radical (unpaired) electrons. The fourth-order valence-corrected chi connectivity index (χ4v) is 5.57. The Hall–Kier alpha value is -4.77. The first-order valence-electron chi connectivity index (χ1n) is 14.0. The zero-order valence-corrected chi connectivity index (χ0v) is 25.8. The zero-order chi connectivity index (χ0) is 30.5. The number of likely N-dealkylation sites (N-methyl/N-ethyl adjacent to an activating group) is 1. The van der Waals surface area contributed by atoms with Crippen LogP contribution in [0.2, 0.25) is 5.02 Å². The number of pyridine rings is 1. The fourth-order valence-electron chi connectivity index (χ4n) is 4.69. The number of anilines is 3. The summed E-state index contributed by atoms with van der Waals surface area (Å²) in [4.78, 5) is 25.1. The van der Waals surface area contributed by atoms with Gasteiger partial charge in [0.1, 0.15) is 18.1 Å². The van der Waals surface area contributed by atoms with Gasteiger partial charge in [0.25, 0.3) is 0 Å². The van der Waals surface area contributed by atoms with Gasteiger partial charge in [-0.15, -0.1) is 11.3 Å². The quantitative estimate of drug-likeness (QED) is 0.160. The lowest BCUT2D eigenvalue weighted by Gasteiger charge is -2.13. The maximum Gasteiger partial charge on any atom is 0.229 e. The summed E-state index contributed by atoms with van der Waals surface area (Å²) >= 11 is 7.95. The van der Waals surface area contributed by atoms with Gasteiger partial charge < -0.3 is 20.3 Å². The largest absolute Gasteiger partial charge is 0.491 e. The van der Waals surface area contributed by atoms with Gasteiger partial charge in [-0.05, 0) is 68.0 Å². The molecule has 9 nitrogen and oxygen atoms in total. The van der Waals surface area contributed by atoms with Gasteiger partial charge >= 0.3 is 0 Å². The van der Waals surface area contributed by atoms with Crippen molar-refractivity contribution in [1.82, 2.24) is 24.5 Å². The topological polar surface area (TPSA) is 96.7 Å². The lowest BCUT2D eigenvalue weighted by atomic mass is 10.0. The Bertz CT molecular complexity index is 1910. The maximum absolute atomic E-state index is 12.7. The summed E-state index contributed by atoms with van der Waals surface area (Å²) < 4.78 is 7.72. The minimum absolute atomic E-state index is 0.0696. The molecular formula is C33H30ClN7O2S. The van der Waals surface area contributed by atoms with Crippen molar-refractivity contribution in [1.29, 1.82) is 0 Å². The molecule has 0 aliphatic carbocycles. The first kappa shape index (κ1) is 29.3. The van der Waals surface area contributed by atoms with Crippen LogP contribution >= 0.6 is 22.9 Å². The molecule has 0 spiro atoms. The molecule has 0 bridgehead atoms. The van der Waals surface area contributed by atoms with Gasteiger partial charge in [0.2, 0.25) is 11.9 Å². The summed E-state index contributed by atoms with van der Waals surface area (Å²) in [5.41, 5.74) is 5.47. The lowest BCUT2D eigenvalue weighted by molar-refractivity contribution is -0.115. The van der Waals surface area contributed by atoms with Gasteiger partial charge in [0.15, 0.2) is 0 Å².